The second-order valence-corrected chi connectivity index (χ2v) is 5.93. The molecule has 1 aromatic heterocycles. The summed E-state index contributed by atoms with van der Waals surface area (Å²) in [6, 6.07) is 0.615. The van der Waals surface area contributed by atoms with Gasteiger partial charge in [0, 0.05) is 31.1 Å². The monoisotopic (exact) mass is 254 g/mol. The Bertz CT molecular complexity index is 353. The molecule has 0 amide bonds. The third-order valence-electron chi connectivity index (χ3n) is 3.63. The smallest absolute Gasteiger partial charge is 0.0926 e. The van der Waals surface area contributed by atoms with E-state index in [9.17, 15) is 5.11 Å². The Kier molecular flexibility index (Phi) is 4.54. The first-order valence-electron chi connectivity index (χ1n) is 6.51. The predicted octanol–water partition coefficient (Wildman–Crippen LogP) is 2.30. The third kappa shape index (κ3) is 3.27. The van der Waals surface area contributed by atoms with E-state index in [1.807, 2.05) is 0 Å². The molecule has 2 heterocycles. The Labute approximate surface area is 107 Å². The molecule has 1 fully saturated rings. The fourth-order valence-corrected chi connectivity index (χ4v) is 3.16. The number of aromatic nitrogens is 1. The van der Waals surface area contributed by atoms with Crippen molar-refractivity contribution in [2.24, 2.45) is 5.92 Å². The molecule has 4 heteroatoms. The van der Waals surface area contributed by atoms with Gasteiger partial charge in [-0.1, -0.05) is 6.92 Å². The van der Waals surface area contributed by atoms with Crippen molar-refractivity contribution in [2.75, 3.05) is 13.2 Å². The summed E-state index contributed by atoms with van der Waals surface area (Å²) in [5.41, 5.74) is 1.19. The maximum absolute atomic E-state index is 9.26. The minimum Gasteiger partial charge on any atom is -0.396 e. The minimum atomic E-state index is 0.320. The molecule has 0 radical (unpaired) electrons. The van der Waals surface area contributed by atoms with Crippen LogP contribution in [0, 0.1) is 5.92 Å². The van der Waals surface area contributed by atoms with Crippen LogP contribution in [0.4, 0.5) is 0 Å². The number of rotatable bonds is 4. The number of aliphatic hydroxyl groups excluding tert-OH is 1. The van der Waals surface area contributed by atoms with Gasteiger partial charge < -0.3 is 5.11 Å². The lowest BCUT2D eigenvalue weighted by Gasteiger charge is -2.36. The van der Waals surface area contributed by atoms with E-state index in [4.69, 9.17) is 0 Å². The molecule has 2 unspecified atom stereocenters. The van der Waals surface area contributed by atoms with Crippen molar-refractivity contribution in [3.63, 3.8) is 0 Å². The van der Waals surface area contributed by atoms with Gasteiger partial charge in [-0.05, 0) is 32.1 Å². The van der Waals surface area contributed by atoms with E-state index in [1.54, 1.807) is 11.3 Å². The quantitative estimate of drug-likeness (QED) is 0.895. The first-order valence-corrected chi connectivity index (χ1v) is 7.39. The summed E-state index contributed by atoms with van der Waals surface area (Å²) in [6.45, 7) is 6.69. The van der Waals surface area contributed by atoms with Crippen molar-refractivity contribution in [2.45, 2.75) is 45.7 Å². The van der Waals surface area contributed by atoms with Crippen LogP contribution in [0.2, 0.25) is 0 Å². The molecule has 1 aliphatic rings. The number of nitrogens with zero attached hydrogens (tertiary/aromatic N) is 2. The zero-order valence-corrected chi connectivity index (χ0v) is 11.5. The highest BCUT2D eigenvalue weighted by Gasteiger charge is 2.25. The van der Waals surface area contributed by atoms with E-state index in [0.29, 0.717) is 18.6 Å². The maximum atomic E-state index is 9.26. The molecule has 0 saturated carbocycles. The van der Waals surface area contributed by atoms with Crippen LogP contribution in [0.5, 0.6) is 0 Å². The first kappa shape index (κ1) is 13.0. The Morgan fingerprint density at radius 1 is 1.53 bits per heavy atom. The highest BCUT2D eigenvalue weighted by molar-refractivity contribution is 7.09. The molecular formula is C13H22N2OS. The molecule has 1 aliphatic heterocycles. The van der Waals surface area contributed by atoms with Gasteiger partial charge in [-0.2, -0.15) is 0 Å². The Balaban J connectivity index is 1.96. The Morgan fingerprint density at radius 2 is 2.35 bits per heavy atom. The molecule has 0 aliphatic carbocycles. The van der Waals surface area contributed by atoms with Crippen molar-refractivity contribution >= 4 is 11.3 Å². The molecule has 1 aromatic rings. The topological polar surface area (TPSA) is 36.4 Å². The van der Waals surface area contributed by atoms with Crippen molar-refractivity contribution in [3.8, 4) is 0 Å². The second kappa shape index (κ2) is 5.94. The van der Waals surface area contributed by atoms with Gasteiger partial charge in [-0.3, -0.25) is 4.90 Å². The van der Waals surface area contributed by atoms with Crippen molar-refractivity contribution < 1.29 is 5.11 Å². The summed E-state index contributed by atoms with van der Waals surface area (Å²) in [4.78, 5) is 7.08. The molecule has 3 nitrogen and oxygen atoms in total. The summed E-state index contributed by atoms with van der Waals surface area (Å²) in [5.74, 6) is 0.454. The molecule has 0 spiro atoms. The van der Waals surface area contributed by atoms with E-state index in [1.165, 1.54) is 17.1 Å². The van der Waals surface area contributed by atoms with Gasteiger partial charge in [0.25, 0.3) is 0 Å². The van der Waals surface area contributed by atoms with Crippen LogP contribution in [0.1, 0.15) is 37.4 Å². The van der Waals surface area contributed by atoms with Gasteiger partial charge in [0.15, 0.2) is 0 Å². The maximum Gasteiger partial charge on any atom is 0.0926 e. The number of likely N-dealkylation sites (tertiary alicyclic amines) is 1. The first-order chi connectivity index (χ1) is 8.22. The summed E-state index contributed by atoms with van der Waals surface area (Å²) < 4.78 is 0. The number of aliphatic hydroxyl groups is 1. The van der Waals surface area contributed by atoms with Crippen molar-refractivity contribution in [3.05, 3.63) is 16.1 Å². The molecule has 0 aromatic carbocycles. The van der Waals surface area contributed by atoms with E-state index >= 15 is 0 Å². The molecular weight excluding hydrogens is 232 g/mol. The molecule has 1 saturated heterocycles. The van der Waals surface area contributed by atoms with Gasteiger partial charge in [-0.15, -0.1) is 11.3 Å². The number of piperidine rings is 1. The minimum absolute atomic E-state index is 0.320. The molecule has 96 valence electrons. The standard InChI is InChI=1S/C13H22N2OS/c1-3-13-14-12(9-17-13)7-15-6-11(8-16)5-4-10(15)2/h9-11,16H,3-8H2,1-2H3. The lowest BCUT2D eigenvalue weighted by Crippen LogP contribution is -2.42. The van der Waals surface area contributed by atoms with Gasteiger partial charge in [0.05, 0.1) is 10.7 Å². The average molecular weight is 254 g/mol. The Hall–Kier alpha value is -0.450. The van der Waals surface area contributed by atoms with E-state index < -0.39 is 0 Å². The number of aryl methyl sites for hydroxylation is 1. The van der Waals surface area contributed by atoms with Crippen LogP contribution in [-0.2, 0) is 13.0 Å². The highest BCUT2D eigenvalue weighted by Crippen LogP contribution is 2.23. The number of hydrogen-bond donors (Lipinski definition) is 1. The summed E-state index contributed by atoms with van der Waals surface area (Å²) >= 11 is 1.76. The largest absolute Gasteiger partial charge is 0.396 e. The van der Waals surface area contributed by atoms with E-state index in [-0.39, 0.29) is 0 Å². The number of thiazole rings is 1. The zero-order valence-electron chi connectivity index (χ0n) is 10.7. The van der Waals surface area contributed by atoms with Gasteiger partial charge >= 0.3 is 0 Å². The van der Waals surface area contributed by atoms with Crippen LogP contribution in [0.15, 0.2) is 5.38 Å². The number of hydrogen-bond acceptors (Lipinski definition) is 4. The lowest BCUT2D eigenvalue weighted by molar-refractivity contribution is 0.0763. The van der Waals surface area contributed by atoms with Crippen LogP contribution >= 0.6 is 11.3 Å². The molecule has 2 atom stereocenters. The predicted molar refractivity (Wildman–Crippen MR) is 71.2 cm³/mol. The van der Waals surface area contributed by atoms with Gasteiger partial charge in [0.1, 0.15) is 0 Å². The molecule has 2 rings (SSSR count). The fraction of sp³-hybridized carbons (Fsp3) is 0.769. The molecule has 1 N–H and O–H groups in total. The normalized spacial score (nSPS) is 26.3. The van der Waals surface area contributed by atoms with Crippen LogP contribution in [-0.4, -0.2) is 34.2 Å². The fourth-order valence-electron chi connectivity index (χ4n) is 2.42. The van der Waals surface area contributed by atoms with Crippen LogP contribution < -0.4 is 0 Å². The third-order valence-corrected chi connectivity index (χ3v) is 4.68. The molecule has 17 heavy (non-hydrogen) atoms. The van der Waals surface area contributed by atoms with Crippen LogP contribution in [0.25, 0.3) is 0 Å². The lowest BCUT2D eigenvalue weighted by atomic mass is 9.94. The van der Waals surface area contributed by atoms with E-state index in [0.717, 1.165) is 25.9 Å². The summed E-state index contributed by atoms with van der Waals surface area (Å²) in [7, 11) is 0. The summed E-state index contributed by atoms with van der Waals surface area (Å²) in [6.07, 6.45) is 3.38. The molecule has 0 bridgehead atoms. The van der Waals surface area contributed by atoms with E-state index in [2.05, 4.69) is 29.1 Å². The zero-order chi connectivity index (χ0) is 12.3. The van der Waals surface area contributed by atoms with Gasteiger partial charge in [0.2, 0.25) is 0 Å². The van der Waals surface area contributed by atoms with Crippen molar-refractivity contribution in [1.82, 2.24) is 9.88 Å². The second-order valence-electron chi connectivity index (χ2n) is 4.99. The SMILES string of the molecule is CCc1nc(CN2CC(CO)CCC2C)cs1. The Morgan fingerprint density at radius 3 is 3.00 bits per heavy atom. The van der Waals surface area contributed by atoms with Crippen molar-refractivity contribution in [1.29, 1.82) is 0 Å². The van der Waals surface area contributed by atoms with Crippen LogP contribution in [0.3, 0.4) is 0 Å². The summed E-state index contributed by atoms with van der Waals surface area (Å²) in [5, 5.41) is 12.7. The average Bonchev–Trinajstić information content (AvgIpc) is 2.80. The van der Waals surface area contributed by atoms with Gasteiger partial charge in [-0.25, -0.2) is 4.98 Å². The highest BCUT2D eigenvalue weighted by atomic mass is 32.1.